The number of methoxy groups -OCH3 is 1. The lowest BCUT2D eigenvalue weighted by Crippen LogP contribution is -2.19. The second kappa shape index (κ2) is 9.53. The van der Waals surface area contributed by atoms with Crippen molar-refractivity contribution in [3.63, 3.8) is 0 Å². The Labute approximate surface area is 190 Å². The van der Waals surface area contributed by atoms with Gasteiger partial charge in [0, 0.05) is 11.9 Å². The van der Waals surface area contributed by atoms with Gasteiger partial charge in [0.05, 0.1) is 18.6 Å². The van der Waals surface area contributed by atoms with Crippen molar-refractivity contribution in [2.75, 3.05) is 17.1 Å². The summed E-state index contributed by atoms with van der Waals surface area (Å²) >= 11 is 0. The molecular weight excluding hydrogens is 444 g/mol. The van der Waals surface area contributed by atoms with Gasteiger partial charge in [0.15, 0.2) is 0 Å². The Bertz CT molecular complexity index is 1340. The molecule has 2 heterocycles. The number of nitrogens with one attached hydrogen (secondary N) is 2. The van der Waals surface area contributed by atoms with Gasteiger partial charge < -0.3 is 14.6 Å². The number of hydrogen-bond acceptors (Lipinski definition) is 7. The molecule has 0 fully saturated rings. The van der Waals surface area contributed by atoms with Crippen molar-refractivity contribution in [3.05, 3.63) is 90.1 Å². The summed E-state index contributed by atoms with van der Waals surface area (Å²) in [6, 6.07) is 20.4. The maximum absolute atomic E-state index is 13.2. The lowest BCUT2D eigenvalue weighted by molar-refractivity contribution is 0.102. The van der Waals surface area contributed by atoms with Crippen LogP contribution in [-0.4, -0.2) is 31.6 Å². The maximum Gasteiger partial charge on any atom is 0.263 e. The lowest BCUT2D eigenvalue weighted by Gasteiger charge is -2.09. The predicted molar refractivity (Wildman–Crippen MR) is 123 cm³/mol. The predicted octanol–water partition coefficient (Wildman–Crippen LogP) is 3.94. The molecule has 1 amide bonds. The third-order valence-electron chi connectivity index (χ3n) is 4.62. The number of pyridine rings is 1. The number of carbonyl (C=O) groups excluding carboxylic acids is 1. The molecule has 0 unspecified atom stereocenters. The van der Waals surface area contributed by atoms with E-state index in [2.05, 4.69) is 20.2 Å². The third kappa shape index (κ3) is 5.36. The normalized spacial score (nSPS) is 11.1. The van der Waals surface area contributed by atoms with E-state index in [-0.39, 0.29) is 22.9 Å². The number of amides is 1. The van der Waals surface area contributed by atoms with Crippen LogP contribution in [0, 0.1) is 0 Å². The fourth-order valence-corrected chi connectivity index (χ4v) is 4.21. The van der Waals surface area contributed by atoms with Crippen molar-refractivity contribution < 1.29 is 22.5 Å². The summed E-state index contributed by atoms with van der Waals surface area (Å²) in [6.07, 6.45) is 1.54. The summed E-state index contributed by atoms with van der Waals surface area (Å²) in [6.45, 7) is 0. The standard InChI is InChI=1S/C23H20N4O5S/c1-31-18-12-10-17(11-13-18)25-22(28)20-21(19-9-5-6-14-24-19)26-32-23(20)27-33(29,30)15-16-7-3-2-4-8-16/h2-14,27H,15H2,1H3,(H,25,28). The van der Waals surface area contributed by atoms with Crippen LogP contribution in [0.3, 0.4) is 0 Å². The van der Waals surface area contributed by atoms with E-state index in [0.717, 1.165) is 0 Å². The van der Waals surface area contributed by atoms with Gasteiger partial charge in [0.2, 0.25) is 10.0 Å². The molecule has 9 nitrogen and oxygen atoms in total. The highest BCUT2D eigenvalue weighted by atomic mass is 32.2. The minimum atomic E-state index is -3.90. The number of hydrogen-bond donors (Lipinski definition) is 2. The monoisotopic (exact) mass is 464 g/mol. The van der Waals surface area contributed by atoms with Crippen LogP contribution in [-0.2, 0) is 15.8 Å². The lowest BCUT2D eigenvalue weighted by atomic mass is 10.1. The smallest absolute Gasteiger partial charge is 0.263 e. The largest absolute Gasteiger partial charge is 0.497 e. The Hall–Kier alpha value is -4.18. The molecule has 0 radical (unpaired) electrons. The first-order valence-corrected chi connectivity index (χ1v) is 11.5. The minimum absolute atomic E-state index is 0.0823. The van der Waals surface area contributed by atoms with Gasteiger partial charge in [-0.05, 0) is 42.0 Å². The molecule has 33 heavy (non-hydrogen) atoms. The van der Waals surface area contributed by atoms with Crippen LogP contribution >= 0.6 is 0 Å². The molecular formula is C23H20N4O5S. The van der Waals surface area contributed by atoms with Crippen LogP contribution in [0.2, 0.25) is 0 Å². The highest BCUT2D eigenvalue weighted by Gasteiger charge is 2.28. The SMILES string of the molecule is COc1ccc(NC(=O)c2c(-c3ccccn3)noc2NS(=O)(=O)Cc2ccccc2)cc1. The van der Waals surface area contributed by atoms with Crippen LogP contribution in [0.5, 0.6) is 5.75 Å². The van der Waals surface area contributed by atoms with Crippen molar-refractivity contribution in [1.82, 2.24) is 10.1 Å². The Morgan fingerprint density at radius 3 is 2.39 bits per heavy atom. The average molecular weight is 465 g/mol. The molecule has 2 aromatic carbocycles. The first-order chi connectivity index (χ1) is 15.9. The van der Waals surface area contributed by atoms with Crippen molar-refractivity contribution in [2.24, 2.45) is 0 Å². The first-order valence-electron chi connectivity index (χ1n) is 9.86. The number of carbonyl (C=O) groups is 1. The van der Waals surface area contributed by atoms with Crippen LogP contribution in [0.15, 0.2) is 83.5 Å². The van der Waals surface area contributed by atoms with Crippen molar-refractivity contribution in [3.8, 4) is 17.1 Å². The number of sulfonamides is 1. The minimum Gasteiger partial charge on any atom is -0.497 e. The number of benzene rings is 2. The van der Waals surface area contributed by atoms with Gasteiger partial charge in [0.25, 0.3) is 11.8 Å². The van der Waals surface area contributed by atoms with Crippen molar-refractivity contribution in [2.45, 2.75) is 5.75 Å². The van der Waals surface area contributed by atoms with E-state index in [0.29, 0.717) is 22.7 Å². The van der Waals surface area contributed by atoms with Crippen LogP contribution < -0.4 is 14.8 Å². The van der Waals surface area contributed by atoms with E-state index in [1.807, 2.05) is 0 Å². The second-order valence-corrected chi connectivity index (χ2v) is 8.70. The summed E-state index contributed by atoms with van der Waals surface area (Å²) in [4.78, 5) is 17.4. The quantitative estimate of drug-likeness (QED) is 0.405. The number of rotatable bonds is 8. The van der Waals surface area contributed by atoms with Crippen LogP contribution in [0.25, 0.3) is 11.4 Å². The number of anilines is 2. The molecule has 10 heteroatoms. The van der Waals surface area contributed by atoms with Crippen LogP contribution in [0.4, 0.5) is 11.6 Å². The molecule has 4 rings (SSSR count). The molecule has 4 aromatic rings. The van der Waals surface area contributed by atoms with Gasteiger partial charge >= 0.3 is 0 Å². The first kappa shape index (κ1) is 22.0. The number of aromatic nitrogens is 2. The van der Waals surface area contributed by atoms with E-state index in [4.69, 9.17) is 9.26 Å². The van der Waals surface area contributed by atoms with E-state index in [1.165, 1.54) is 13.3 Å². The van der Waals surface area contributed by atoms with Gasteiger partial charge in [-0.1, -0.05) is 41.6 Å². The molecule has 168 valence electrons. The average Bonchev–Trinajstić information content (AvgIpc) is 3.23. The summed E-state index contributed by atoms with van der Waals surface area (Å²) in [5.74, 6) is -0.578. The summed E-state index contributed by atoms with van der Waals surface area (Å²) in [5.41, 5.74) is 1.44. The van der Waals surface area contributed by atoms with Gasteiger partial charge in [-0.15, -0.1) is 0 Å². The summed E-state index contributed by atoms with van der Waals surface area (Å²) < 4.78 is 38.2. The Morgan fingerprint density at radius 2 is 1.73 bits per heavy atom. The van der Waals surface area contributed by atoms with Gasteiger partial charge in [-0.2, -0.15) is 0 Å². The van der Waals surface area contributed by atoms with Crippen molar-refractivity contribution in [1.29, 1.82) is 0 Å². The van der Waals surface area contributed by atoms with Crippen molar-refractivity contribution >= 4 is 27.5 Å². The fraction of sp³-hybridized carbons (Fsp3) is 0.0870. The zero-order chi connectivity index (χ0) is 23.3. The highest BCUT2D eigenvalue weighted by Crippen LogP contribution is 2.30. The Morgan fingerprint density at radius 1 is 1.00 bits per heavy atom. The number of nitrogens with zero attached hydrogens (tertiary/aromatic N) is 2. The second-order valence-electron chi connectivity index (χ2n) is 6.98. The molecule has 0 aliphatic heterocycles. The van der Waals surface area contributed by atoms with E-state index < -0.39 is 15.9 Å². The molecule has 0 saturated carbocycles. The summed E-state index contributed by atoms with van der Waals surface area (Å²) in [5, 5.41) is 6.65. The number of ether oxygens (including phenoxy) is 1. The molecule has 2 N–H and O–H groups in total. The van der Waals surface area contributed by atoms with Gasteiger partial charge in [-0.3, -0.25) is 9.78 Å². The highest BCUT2D eigenvalue weighted by molar-refractivity contribution is 7.91. The fourth-order valence-electron chi connectivity index (χ4n) is 3.09. The maximum atomic E-state index is 13.2. The van der Waals surface area contributed by atoms with Gasteiger partial charge in [-0.25, -0.2) is 13.1 Å². The zero-order valence-corrected chi connectivity index (χ0v) is 18.4. The molecule has 0 atom stereocenters. The zero-order valence-electron chi connectivity index (χ0n) is 17.6. The Balaban J connectivity index is 1.67. The van der Waals surface area contributed by atoms with E-state index in [1.54, 1.807) is 72.8 Å². The summed E-state index contributed by atoms with van der Waals surface area (Å²) in [7, 11) is -2.36. The molecule has 0 aliphatic carbocycles. The molecule has 0 saturated heterocycles. The topological polar surface area (TPSA) is 123 Å². The van der Waals surface area contributed by atoms with Crippen LogP contribution in [0.1, 0.15) is 15.9 Å². The molecule has 0 aliphatic rings. The molecule has 0 bridgehead atoms. The van der Waals surface area contributed by atoms with E-state index in [9.17, 15) is 13.2 Å². The molecule has 0 spiro atoms. The Kier molecular flexibility index (Phi) is 6.36. The molecule has 2 aromatic heterocycles. The van der Waals surface area contributed by atoms with E-state index >= 15 is 0 Å². The van der Waals surface area contributed by atoms with Gasteiger partial charge in [0.1, 0.15) is 17.0 Å². The third-order valence-corrected chi connectivity index (χ3v) is 5.83.